The van der Waals surface area contributed by atoms with Gasteiger partial charge in [0.1, 0.15) is 0 Å². The zero-order valence-electron chi connectivity index (χ0n) is 7.44. The van der Waals surface area contributed by atoms with Crippen molar-refractivity contribution in [1.82, 2.24) is 0 Å². The van der Waals surface area contributed by atoms with Crippen molar-refractivity contribution < 1.29 is 49.5 Å². The zero-order valence-corrected chi connectivity index (χ0v) is 8.95. The summed E-state index contributed by atoms with van der Waals surface area (Å²) in [5.74, 6) is 0.472. The lowest BCUT2D eigenvalue weighted by Crippen LogP contribution is -2.30. The summed E-state index contributed by atoms with van der Waals surface area (Å²) in [5.41, 5.74) is 5.02. The predicted molar refractivity (Wildman–Crippen MR) is 31.2 cm³/mol. The van der Waals surface area contributed by atoms with Crippen molar-refractivity contribution >= 4 is 5.84 Å². The zero-order chi connectivity index (χ0) is 12.3. The molecule has 0 heterocycles. The molecule has 0 aliphatic heterocycles. The van der Waals surface area contributed by atoms with Gasteiger partial charge in [-0.3, -0.25) is 5.41 Å². The van der Waals surface area contributed by atoms with Crippen LogP contribution in [0, 0.1) is 32.9 Å². The second-order valence-corrected chi connectivity index (χ2v) is 2.82. The van der Waals surface area contributed by atoms with Crippen LogP contribution in [-0.4, -0.2) is 15.2 Å². The summed E-state index contributed by atoms with van der Waals surface area (Å²) >= 11 is 0. The molecule has 14 heavy (non-hydrogen) atoms. The molecule has 10 heteroatoms. The largest absolute Gasteiger partial charge is 0.387 e. The third kappa shape index (κ3) is 95.1. The molecule has 0 bridgehead atoms. The Labute approximate surface area is 86.9 Å². The third-order valence-corrected chi connectivity index (χ3v) is 0.622. The van der Waals surface area contributed by atoms with E-state index in [9.17, 15) is 0 Å². The van der Waals surface area contributed by atoms with E-state index in [0.29, 0.717) is 0 Å². The molecule has 0 aromatic rings. The molecule has 0 rings (SSSR count). The summed E-state index contributed by atoms with van der Waals surface area (Å²) in [6, 6.07) is 0. The average molecular weight is 255 g/mol. The van der Waals surface area contributed by atoms with Crippen LogP contribution < -0.4 is 24.4 Å². The van der Waals surface area contributed by atoms with E-state index in [1.807, 2.05) is 13.8 Å². The van der Waals surface area contributed by atoms with Gasteiger partial charge in [0.2, 0.25) is 0 Å². The third-order valence-electron chi connectivity index (χ3n) is 0.622. The number of nitrogens with one attached hydrogen (secondary N) is 1. The van der Waals surface area contributed by atoms with E-state index in [0.717, 1.165) is 0 Å². The second-order valence-electron chi connectivity index (χ2n) is 2.01. The predicted octanol–water partition coefficient (Wildman–Crippen LogP) is -5.29. The molecule has 0 aromatic heterocycles. The number of rotatable bonds is 1. The molecule has 0 atom stereocenters. The van der Waals surface area contributed by atoms with Gasteiger partial charge in [0.15, 0.2) is 0 Å². The summed E-state index contributed by atoms with van der Waals surface area (Å²) in [6.45, 7) is 3.78. The second kappa shape index (κ2) is 12.8. The molecular weight excluding hydrogens is 243 g/mol. The first kappa shape index (κ1) is 19.4. The van der Waals surface area contributed by atoms with Crippen LogP contribution in [0.1, 0.15) is 13.8 Å². The monoisotopic (exact) mass is 254 g/mol. The van der Waals surface area contributed by atoms with Gasteiger partial charge in [-0.2, -0.15) is 0 Å². The van der Waals surface area contributed by atoms with Crippen LogP contribution in [0.5, 0.6) is 0 Å². The molecule has 0 amide bonds. The normalized spacial score (nSPS) is 9.07. The first-order chi connectivity index (χ1) is 6.11. The lowest BCUT2D eigenvalue weighted by Gasteiger charge is -1.95. The fourth-order valence-electron chi connectivity index (χ4n) is 0. The molecule has 8 nitrogen and oxygen atoms in total. The highest BCUT2D eigenvalue weighted by Crippen LogP contribution is 1.85. The highest BCUT2D eigenvalue weighted by molar-refractivity contribution is 5.78. The Bertz CT molecular complexity index is 121. The number of hydrogen-bond donors (Lipinski definition) is 4. The number of nitrogens with two attached hydrogens (primary N) is 1. The Balaban J connectivity index is -0.000000135. The van der Waals surface area contributed by atoms with Crippen LogP contribution in [0.2, 0.25) is 0 Å². The molecule has 5 N–H and O–H groups in total. The highest BCUT2D eigenvalue weighted by Gasteiger charge is 1.91. The first-order valence-corrected chi connectivity index (χ1v) is 4.85. The Morgan fingerprint density at radius 2 is 1.21 bits per heavy atom. The lowest BCUT2D eigenvalue weighted by atomic mass is 10.2. The molecule has 0 aromatic carbocycles. The van der Waals surface area contributed by atoms with Crippen LogP contribution in [-0.2, 0) is 0 Å². The quantitative estimate of drug-likeness (QED) is 0.266. The number of halogens is 2. The molecule has 0 aliphatic carbocycles. The van der Waals surface area contributed by atoms with E-state index in [4.69, 9.17) is 39.1 Å². The maximum absolute atomic E-state index is 8.52. The van der Waals surface area contributed by atoms with E-state index >= 15 is 0 Å². The van der Waals surface area contributed by atoms with E-state index in [2.05, 4.69) is 0 Å². The summed E-state index contributed by atoms with van der Waals surface area (Å²) in [7, 11) is -5.20. The van der Waals surface area contributed by atoms with E-state index < -0.39 is 21.6 Å². The molecule has 0 radical (unpaired) electrons. The van der Waals surface area contributed by atoms with E-state index in [1.54, 1.807) is 0 Å². The van der Waals surface area contributed by atoms with Gasteiger partial charge in [-0.25, -0.2) is 0 Å². The van der Waals surface area contributed by atoms with Crippen LogP contribution in [0.3, 0.4) is 0 Å². The van der Waals surface area contributed by atoms with Gasteiger partial charge in [-0.05, 0) is 0 Å². The minimum Gasteiger partial charge on any atom is -0.387 e. The van der Waals surface area contributed by atoms with Crippen molar-refractivity contribution in [3.8, 4) is 0 Å². The van der Waals surface area contributed by atoms with E-state index in [1.165, 1.54) is 0 Å². The molecule has 88 valence electrons. The summed E-state index contributed by atoms with van der Waals surface area (Å²) in [5, 5.41) is 6.73. The van der Waals surface area contributed by atoms with Gasteiger partial charge in [0.25, 0.3) is 21.6 Å². The van der Waals surface area contributed by atoms with Crippen molar-refractivity contribution in [3.63, 3.8) is 0 Å². The molecule has 0 saturated heterocycles. The van der Waals surface area contributed by atoms with Crippen LogP contribution in [0.4, 0.5) is 0 Å². The van der Waals surface area contributed by atoms with Crippen molar-refractivity contribution in [2.45, 2.75) is 13.8 Å². The minimum absolute atomic E-state index is 0.213. The van der Waals surface area contributed by atoms with Crippen LogP contribution in [0.25, 0.3) is 0 Å². The average Bonchev–Trinajstić information content (AvgIpc) is 1.83. The maximum atomic E-state index is 8.52. The fourth-order valence-corrected chi connectivity index (χ4v) is 0. The molecule has 0 fully saturated rings. The Morgan fingerprint density at radius 3 is 1.21 bits per heavy atom. The highest BCUT2D eigenvalue weighted by atomic mass is 35.6. The smallest absolute Gasteiger partial charge is 0.282 e. The Morgan fingerprint density at radius 1 is 1.14 bits per heavy atom. The number of hydrogen-bond acceptors (Lipinski definition) is 7. The maximum Gasteiger partial charge on any atom is 0.282 e. The molecule has 0 aliphatic rings. The molecular formula is C4H12Cl2N2O6. The Kier molecular flexibility index (Phi) is 17.7. The summed E-state index contributed by atoms with van der Waals surface area (Å²) < 4.78 is 47.9. The van der Waals surface area contributed by atoms with Gasteiger partial charge in [0, 0.05) is 15.2 Å². The standard InChI is InChI=1S/C4H10N2.2ClHO3/c1-3(2)4(5)6;2*2-1(3)4/h3H,1-2H3,(H3,5,6);2*2H. The van der Waals surface area contributed by atoms with Gasteiger partial charge < -0.3 is 24.4 Å². The summed E-state index contributed by atoms with van der Waals surface area (Å²) in [6.07, 6.45) is 0. The lowest BCUT2D eigenvalue weighted by molar-refractivity contribution is -1.63. The topological polar surface area (TPSA) is 183 Å². The van der Waals surface area contributed by atoms with Crippen molar-refractivity contribution in [1.29, 1.82) is 5.41 Å². The van der Waals surface area contributed by atoms with Crippen molar-refractivity contribution in [2.24, 2.45) is 11.7 Å². The van der Waals surface area contributed by atoms with Gasteiger partial charge in [-0.1, -0.05) is 13.8 Å². The van der Waals surface area contributed by atoms with Gasteiger partial charge >= 0.3 is 0 Å². The fraction of sp³-hybridized carbons (Fsp3) is 0.750. The Hall–Kier alpha value is -0.190. The van der Waals surface area contributed by atoms with Crippen molar-refractivity contribution in [2.75, 3.05) is 0 Å². The van der Waals surface area contributed by atoms with Gasteiger partial charge in [-0.15, -0.1) is 0 Å². The van der Waals surface area contributed by atoms with Crippen molar-refractivity contribution in [3.05, 3.63) is 0 Å². The first-order valence-electron chi connectivity index (χ1n) is 2.94. The molecule has 0 spiro atoms. The van der Waals surface area contributed by atoms with Crippen LogP contribution in [0.15, 0.2) is 0 Å². The molecule has 0 saturated carbocycles. The summed E-state index contributed by atoms with van der Waals surface area (Å²) in [4.78, 5) is 0. The SMILES string of the molecule is CC(C)C(=N)N.[O-][Cl+2]([O-])O.[O-][Cl+2]([O-])O. The van der Waals surface area contributed by atoms with E-state index in [-0.39, 0.29) is 11.8 Å². The van der Waals surface area contributed by atoms with Gasteiger partial charge in [0.05, 0.1) is 5.84 Å². The van der Waals surface area contributed by atoms with Crippen LogP contribution >= 0.6 is 0 Å². The minimum atomic E-state index is -2.60. The molecule has 0 unspecified atom stereocenters. The number of amidine groups is 1.